The lowest BCUT2D eigenvalue weighted by Gasteiger charge is -2.47. The monoisotopic (exact) mass is 655 g/mol. The number of unbranched alkanes of at least 4 members (excludes halogenated alkanes) is 1. The number of hydrogen-bond acceptors (Lipinski definition) is 5. The van der Waals surface area contributed by atoms with Crippen molar-refractivity contribution in [1.29, 1.82) is 0 Å². The van der Waals surface area contributed by atoms with E-state index < -0.39 is 0 Å². The van der Waals surface area contributed by atoms with Crippen molar-refractivity contribution in [1.82, 2.24) is 25.0 Å². The first-order chi connectivity index (χ1) is 20.5. The average Bonchev–Trinajstić information content (AvgIpc) is 3.16. The van der Waals surface area contributed by atoms with E-state index in [4.69, 9.17) is 16.6 Å². The maximum atomic E-state index is 13.5. The van der Waals surface area contributed by atoms with Gasteiger partial charge in [0, 0.05) is 66.9 Å². The predicted molar refractivity (Wildman–Crippen MR) is 174 cm³/mol. The highest BCUT2D eigenvalue weighted by Crippen LogP contribution is 2.39. The summed E-state index contributed by atoms with van der Waals surface area (Å²) in [6.45, 7) is 9.43. The largest absolute Gasteiger partial charge is 0.337 e. The van der Waals surface area contributed by atoms with Crippen molar-refractivity contribution in [3.8, 4) is 0 Å². The van der Waals surface area contributed by atoms with E-state index in [1.165, 1.54) is 35.2 Å². The number of pyridine rings is 1. The maximum Gasteiger partial charge on any atom is 0.223 e. The Labute approximate surface area is 265 Å². The second-order valence-corrected chi connectivity index (χ2v) is 14.3. The third-order valence-electron chi connectivity index (χ3n) is 10.3. The number of amides is 1. The molecular formula is C34H47BrClN5O. The lowest BCUT2D eigenvalue weighted by molar-refractivity contribution is -0.138. The van der Waals surface area contributed by atoms with Crippen molar-refractivity contribution < 1.29 is 4.79 Å². The predicted octanol–water partition coefficient (Wildman–Crippen LogP) is 6.24. The van der Waals surface area contributed by atoms with Crippen LogP contribution in [-0.4, -0.2) is 83.5 Å². The zero-order valence-electron chi connectivity index (χ0n) is 25.2. The van der Waals surface area contributed by atoms with Crippen LogP contribution >= 0.6 is 27.5 Å². The molecule has 1 amide bonds. The van der Waals surface area contributed by atoms with Gasteiger partial charge in [0.1, 0.15) is 0 Å². The maximum absolute atomic E-state index is 13.5. The van der Waals surface area contributed by atoms with E-state index in [1.54, 1.807) is 0 Å². The number of aromatic nitrogens is 1. The molecule has 6 nitrogen and oxygen atoms in total. The van der Waals surface area contributed by atoms with Crippen molar-refractivity contribution in [3.63, 3.8) is 0 Å². The van der Waals surface area contributed by atoms with Gasteiger partial charge in [0.2, 0.25) is 5.91 Å². The van der Waals surface area contributed by atoms with Gasteiger partial charge in [0.05, 0.1) is 11.7 Å². The van der Waals surface area contributed by atoms with E-state index >= 15 is 0 Å². The summed E-state index contributed by atoms with van der Waals surface area (Å²) in [5.74, 6) is 0.959. The number of hydrogen-bond donors (Lipinski definition) is 1. The molecule has 1 N–H and O–H groups in total. The fraction of sp³-hybridized carbons (Fsp3) is 0.647. The van der Waals surface area contributed by atoms with Crippen LogP contribution in [0.1, 0.15) is 86.7 Å². The number of nitrogens with zero attached hydrogens (tertiary/aromatic N) is 4. The van der Waals surface area contributed by atoms with Gasteiger partial charge in [-0.3, -0.25) is 19.6 Å². The Morgan fingerprint density at radius 3 is 2.60 bits per heavy atom. The number of piperidine rings is 2. The van der Waals surface area contributed by atoms with Crippen LogP contribution < -0.4 is 5.32 Å². The highest BCUT2D eigenvalue weighted by atomic mass is 79.9. The lowest BCUT2D eigenvalue weighted by Crippen LogP contribution is -2.59. The average molecular weight is 657 g/mol. The molecular weight excluding hydrogens is 610 g/mol. The van der Waals surface area contributed by atoms with Gasteiger partial charge in [-0.15, -0.1) is 0 Å². The highest BCUT2D eigenvalue weighted by Gasteiger charge is 2.37. The molecule has 1 aliphatic carbocycles. The summed E-state index contributed by atoms with van der Waals surface area (Å²) >= 11 is 10.1. The van der Waals surface area contributed by atoms with E-state index in [0.717, 1.165) is 107 Å². The van der Waals surface area contributed by atoms with Crippen LogP contribution in [0.3, 0.4) is 0 Å². The molecule has 8 heteroatoms. The fourth-order valence-corrected chi connectivity index (χ4v) is 8.54. The molecule has 42 heavy (non-hydrogen) atoms. The molecule has 2 atom stereocenters. The minimum atomic E-state index is 0.172. The molecule has 228 valence electrons. The molecule has 0 saturated carbocycles. The van der Waals surface area contributed by atoms with Gasteiger partial charge < -0.3 is 10.2 Å². The normalized spacial score (nSPS) is 24.7. The van der Waals surface area contributed by atoms with E-state index in [2.05, 4.69) is 61.1 Å². The van der Waals surface area contributed by atoms with E-state index in [-0.39, 0.29) is 6.04 Å². The summed E-state index contributed by atoms with van der Waals surface area (Å²) in [7, 11) is 0. The van der Waals surface area contributed by atoms with E-state index in [9.17, 15) is 4.79 Å². The fourth-order valence-electron chi connectivity index (χ4n) is 7.97. The minimum Gasteiger partial charge on any atom is -0.337 e. The molecule has 3 aliphatic heterocycles. The van der Waals surface area contributed by atoms with Crippen molar-refractivity contribution in [3.05, 3.63) is 62.3 Å². The third-order valence-corrected chi connectivity index (χ3v) is 11.0. The van der Waals surface area contributed by atoms with Crippen LogP contribution in [0.25, 0.3) is 0 Å². The Morgan fingerprint density at radius 2 is 1.81 bits per heavy atom. The molecule has 0 radical (unpaired) electrons. The molecule has 4 aliphatic rings. The molecule has 0 spiro atoms. The van der Waals surface area contributed by atoms with E-state index in [1.807, 2.05) is 12.3 Å². The van der Waals surface area contributed by atoms with Crippen LogP contribution in [0.4, 0.5) is 0 Å². The number of aryl methyl sites for hydroxylation is 2. The SMILES string of the molecule is CCCC[C@H]1CN(C2CCN(C3c4ccc(Cl)cc4CCc4cc(Br)cnc43)CC2)CCN1C(=O)CC1CCNCC1. The summed E-state index contributed by atoms with van der Waals surface area (Å²) < 4.78 is 1.05. The number of piperazine rings is 1. The number of fused-ring (bicyclic) bond motifs is 2. The number of likely N-dealkylation sites (tertiary alicyclic amines) is 1. The first-order valence-corrected chi connectivity index (χ1v) is 17.6. The third kappa shape index (κ3) is 6.91. The van der Waals surface area contributed by atoms with Crippen LogP contribution in [0.15, 0.2) is 34.9 Å². The number of benzene rings is 1. The Kier molecular flexibility index (Phi) is 10.2. The summed E-state index contributed by atoms with van der Waals surface area (Å²) in [6, 6.07) is 9.83. The van der Waals surface area contributed by atoms with Gasteiger partial charge in [-0.1, -0.05) is 37.4 Å². The Morgan fingerprint density at radius 1 is 1.02 bits per heavy atom. The quantitative estimate of drug-likeness (QED) is 0.383. The summed E-state index contributed by atoms with van der Waals surface area (Å²) in [6.07, 6.45) is 12.8. The molecule has 1 aromatic heterocycles. The number of rotatable bonds is 7. The van der Waals surface area contributed by atoms with Gasteiger partial charge in [0.15, 0.2) is 0 Å². The Balaban J connectivity index is 1.13. The molecule has 2 aromatic rings. The Hall–Kier alpha value is -1.51. The summed E-state index contributed by atoms with van der Waals surface area (Å²) in [5.41, 5.74) is 5.27. The van der Waals surface area contributed by atoms with Crippen LogP contribution in [-0.2, 0) is 17.6 Å². The van der Waals surface area contributed by atoms with Gasteiger partial charge in [0.25, 0.3) is 0 Å². The summed E-state index contributed by atoms with van der Waals surface area (Å²) in [4.78, 5) is 26.1. The number of carbonyl (C=O) groups is 1. The van der Waals surface area contributed by atoms with Crippen LogP contribution in [0.2, 0.25) is 5.02 Å². The van der Waals surface area contributed by atoms with Gasteiger partial charge in [-0.05, 0) is 115 Å². The van der Waals surface area contributed by atoms with Crippen LogP contribution in [0.5, 0.6) is 0 Å². The van der Waals surface area contributed by atoms with Crippen molar-refractivity contribution in [2.45, 2.75) is 89.3 Å². The first-order valence-electron chi connectivity index (χ1n) is 16.4. The molecule has 1 aromatic carbocycles. The number of nitrogens with one attached hydrogen (secondary N) is 1. The van der Waals surface area contributed by atoms with Gasteiger partial charge >= 0.3 is 0 Å². The second-order valence-electron chi connectivity index (χ2n) is 13.0. The minimum absolute atomic E-state index is 0.172. The molecule has 3 saturated heterocycles. The van der Waals surface area contributed by atoms with Gasteiger partial charge in [-0.25, -0.2) is 0 Å². The standard InChI is InChI=1S/C34H47BrClN5O/c1-2-3-4-30-23-40(17-18-41(30)32(42)19-24-9-13-37-14-10-24)29-11-15-39(16-12-29)34-31-8-7-28(36)21-25(31)5-6-26-20-27(35)22-38-33(26)34/h7-8,20-22,24,29-30,34,37H,2-6,9-19,23H2,1H3/t30-,34?/m0/s1. The zero-order valence-corrected chi connectivity index (χ0v) is 27.5. The molecule has 1 unspecified atom stereocenters. The van der Waals surface area contributed by atoms with Crippen LogP contribution in [0, 0.1) is 5.92 Å². The molecule has 6 rings (SSSR count). The lowest BCUT2D eigenvalue weighted by atomic mass is 9.92. The molecule has 0 bridgehead atoms. The zero-order chi connectivity index (χ0) is 29.1. The smallest absolute Gasteiger partial charge is 0.223 e. The summed E-state index contributed by atoms with van der Waals surface area (Å²) in [5, 5.41) is 4.26. The Bertz CT molecular complexity index is 1170. The van der Waals surface area contributed by atoms with E-state index in [0.29, 0.717) is 23.9 Å². The van der Waals surface area contributed by atoms with Gasteiger partial charge in [-0.2, -0.15) is 0 Å². The van der Waals surface area contributed by atoms with Crippen molar-refractivity contribution in [2.75, 3.05) is 45.8 Å². The second kappa shape index (κ2) is 14.1. The topological polar surface area (TPSA) is 51.7 Å². The molecule has 4 heterocycles. The van der Waals surface area contributed by atoms with Crippen molar-refractivity contribution in [2.24, 2.45) is 5.92 Å². The first kappa shape index (κ1) is 30.5. The van der Waals surface area contributed by atoms with Crippen molar-refractivity contribution >= 4 is 33.4 Å². The highest BCUT2D eigenvalue weighted by molar-refractivity contribution is 9.10. The number of carbonyl (C=O) groups excluding carboxylic acids is 1. The number of halogens is 2. The molecule has 3 fully saturated rings.